The first-order chi connectivity index (χ1) is 7.24. The van der Waals surface area contributed by atoms with E-state index in [0.29, 0.717) is 0 Å². The van der Waals surface area contributed by atoms with Crippen molar-refractivity contribution in [1.82, 2.24) is 9.80 Å². The molecule has 15 heavy (non-hydrogen) atoms. The monoisotopic (exact) mass is 208 g/mol. The van der Waals surface area contributed by atoms with Crippen LogP contribution in [0.2, 0.25) is 0 Å². The maximum atomic E-state index is 2.76. The van der Waals surface area contributed by atoms with Crippen molar-refractivity contribution in [2.24, 2.45) is 11.8 Å². The average molecular weight is 208 g/mol. The molecule has 0 aromatic heterocycles. The summed E-state index contributed by atoms with van der Waals surface area (Å²) >= 11 is 0. The first kappa shape index (κ1) is 10.1. The van der Waals surface area contributed by atoms with Crippen LogP contribution < -0.4 is 0 Å². The predicted molar refractivity (Wildman–Crippen MR) is 62.9 cm³/mol. The molecule has 0 bridgehead atoms. The molecule has 0 spiro atoms. The van der Waals surface area contributed by atoms with Gasteiger partial charge in [0.2, 0.25) is 0 Å². The van der Waals surface area contributed by atoms with Crippen molar-refractivity contribution in [2.75, 3.05) is 26.2 Å². The third-order valence-corrected chi connectivity index (χ3v) is 4.81. The maximum Gasteiger partial charge on any atom is 0.0224 e. The first-order valence-corrected chi connectivity index (χ1v) is 6.72. The molecule has 2 heterocycles. The van der Waals surface area contributed by atoms with E-state index in [1.807, 2.05) is 0 Å². The molecule has 2 heteroatoms. The highest BCUT2D eigenvalue weighted by Crippen LogP contribution is 2.39. The molecule has 0 N–H and O–H groups in total. The normalized spacial score (nSPS) is 46.8. The van der Waals surface area contributed by atoms with Crippen LogP contribution in [0.5, 0.6) is 0 Å². The van der Waals surface area contributed by atoms with Gasteiger partial charge in [0, 0.05) is 31.7 Å². The van der Waals surface area contributed by atoms with E-state index in [1.54, 1.807) is 0 Å². The predicted octanol–water partition coefficient (Wildman–Crippen LogP) is 1.81. The number of rotatable bonds is 2. The smallest absolute Gasteiger partial charge is 0.0224 e. The zero-order valence-electron chi connectivity index (χ0n) is 10.2. The molecule has 0 aromatic carbocycles. The minimum atomic E-state index is 0.798. The molecule has 3 rings (SSSR count). The quantitative estimate of drug-likeness (QED) is 0.683. The van der Waals surface area contributed by atoms with E-state index in [-0.39, 0.29) is 0 Å². The molecule has 0 amide bonds. The van der Waals surface area contributed by atoms with Gasteiger partial charge in [-0.25, -0.2) is 0 Å². The Labute approximate surface area is 93.6 Å². The Morgan fingerprint density at radius 2 is 2.00 bits per heavy atom. The summed E-state index contributed by atoms with van der Waals surface area (Å²) in [6, 6.07) is 1.70. The van der Waals surface area contributed by atoms with Crippen molar-refractivity contribution >= 4 is 0 Å². The molecule has 4 atom stereocenters. The van der Waals surface area contributed by atoms with Gasteiger partial charge in [-0.05, 0) is 44.6 Å². The second kappa shape index (κ2) is 3.74. The molecule has 86 valence electrons. The fourth-order valence-electron chi connectivity index (χ4n) is 3.46. The van der Waals surface area contributed by atoms with E-state index in [2.05, 4.69) is 23.6 Å². The Hall–Kier alpha value is -0.0800. The molecule has 3 fully saturated rings. The van der Waals surface area contributed by atoms with Crippen molar-refractivity contribution in [3.8, 4) is 0 Å². The highest BCUT2D eigenvalue weighted by atomic mass is 15.3. The summed E-state index contributed by atoms with van der Waals surface area (Å²) in [6.07, 6.45) is 4.37. The van der Waals surface area contributed by atoms with Gasteiger partial charge in [0.25, 0.3) is 0 Å². The highest BCUT2D eigenvalue weighted by Gasteiger charge is 2.39. The van der Waals surface area contributed by atoms with Crippen LogP contribution in [0.3, 0.4) is 0 Å². The molecule has 1 saturated carbocycles. The first-order valence-electron chi connectivity index (χ1n) is 6.72. The fraction of sp³-hybridized carbons (Fsp3) is 1.00. The zero-order chi connectivity index (χ0) is 10.4. The fourth-order valence-corrected chi connectivity index (χ4v) is 3.46. The maximum absolute atomic E-state index is 2.76. The molecule has 3 aliphatic rings. The van der Waals surface area contributed by atoms with Crippen LogP contribution in [0.15, 0.2) is 0 Å². The Balaban J connectivity index is 1.58. The van der Waals surface area contributed by atoms with E-state index >= 15 is 0 Å². The van der Waals surface area contributed by atoms with Crippen LogP contribution in [-0.2, 0) is 0 Å². The van der Waals surface area contributed by atoms with Crippen LogP contribution in [0.1, 0.15) is 33.1 Å². The number of piperazine rings is 1. The van der Waals surface area contributed by atoms with Crippen LogP contribution in [-0.4, -0.2) is 48.1 Å². The van der Waals surface area contributed by atoms with Gasteiger partial charge >= 0.3 is 0 Å². The van der Waals surface area contributed by atoms with Gasteiger partial charge < -0.3 is 0 Å². The summed E-state index contributed by atoms with van der Waals surface area (Å²) in [4.78, 5) is 5.48. The second-order valence-corrected chi connectivity index (χ2v) is 6.07. The molecule has 2 aliphatic heterocycles. The zero-order valence-corrected chi connectivity index (χ0v) is 10.2. The molecule has 4 unspecified atom stereocenters. The molecule has 2 saturated heterocycles. The van der Waals surface area contributed by atoms with Gasteiger partial charge in [0.1, 0.15) is 0 Å². The Morgan fingerprint density at radius 1 is 1.20 bits per heavy atom. The van der Waals surface area contributed by atoms with Gasteiger partial charge in [-0.3, -0.25) is 9.80 Å². The molecule has 0 radical (unpaired) electrons. The van der Waals surface area contributed by atoms with Crippen LogP contribution >= 0.6 is 0 Å². The van der Waals surface area contributed by atoms with Crippen molar-refractivity contribution < 1.29 is 0 Å². The summed E-state index contributed by atoms with van der Waals surface area (Å²) in [6.45, 7) is 10.2. The summed E-state index contributed by atoms with van der Waals surface area (Å²) < 4.78 is 0. The van der Waals surface area contributed by atoms with Crippen molar-refractivity contribution in [3.63, 3.8) is 0 Å². The van der Waals surface area contributed by atoms with Gasteiger partial charge in [-0.15, -0.1) is 0 Å². The van der Waals surface area contributed by atoms with E-state index in [4.69, 9.17) is 0 Å². The minimum absolute atomic E-state index is 0.798. The van der Waals surface area contributed by atoms with Crippen molar-refractivity contribution in [3.05, 3.63) is 0 Å². The van der Waals surface area contributed by atoms with Crippen LogP contribution in [0, 0.1) is 11.8 Å². The Kier molecular flexibility index (Phi) is 2.52. The van der Waals surface area contributed by atoms with Crippen LogP contribution in [0.4, 0.5) is 0 Å². The van der Waals surface area contributed by atoms with E-state index < -0.39 is 0 Å². The molecular formula is C13H24N2. The Morgan fingerprint density at radius 3 is 2.73 bits per heavy atom. The SMILES string of the molecule is CC1CC1CN1CC2CCCN2CC1C. The van der Waals surface area contributed by atoms with Gasteiger partial charge in [0.05, 0.1) is 0 Å². The average Bonchev–Trinajstić information content (AvgIpc) is 2.72. The minimum Gasteiger partial charge on any atom is -0.298 e. The van der Waals surface area contributed by atoms with E-state index in [9.17, 15) is 0 Å². The summed E-state index contributed by atoms with van der Waals surface area (Å²) in [7, 11) is 0. The van der Waals surface area contributed by atoms with Crippen molar-refractivity contribution in [1.29, 1.82) is 0 Å². The third kappa shape index (κ3) is 1.94. The second-order valence-electron chi connectivity index (χ2n) is 6.07. The summed E-state index contributed by atoms with van der Waals surface area (Å²) in [5.41, 5.74) is 0. The van der Waals surface area contributed by atoms with Crippen LogP contribution in [0.25, 0.3) is 0 Å². The highest BCUT2D eigenvalue weighted by molar-refractivity contribution is 4.94. The summed E-state index contributed by atoms with van der Waals surface area (Å²) in [5, 5.41) is 0. The number of nitrogens with zero attached hydrogens (tertiary/aromatic N) is 2. The standard InChI is InChI=1S/C13H24N2/c1-10-6-12(10)8-15-9-13-4-3-5-14(13)7-11(15)2/h10-13H,3-9H2,1-2H3. The topological polar surface area (TPSA) is 6.48 Å². The molecule has 1 aliphatic carbocycles. The lowest BCUT2D eigenvalue weighted by atomic mass is 10.1. The van der Waals surface area contributed by atoms with Gasteiger partial charge in [0.15, 0.2) is 0 Å². The third-order valence-electron chi connectivity index (χ3n) is 4.81. The molecule has 2 nitrogen and oxygen atoms in total. The van der Waals surface area contributed by atoms with Crippen molar-refractivity contribution in [2.45, 2.75) is 45.2 Å². The lowest BCUT2D eigenvalue weighted by molar-refractivity contribution is 0.0554. The number of hydrogen-bond acceptors (Lipinski definition) is 2. The van der Waals surface area contributed by atoms with E-state index in [0.717, 1.165) is 23.9 Å². The van der Waals surface area contributed by atoms with Gasteiger partial charge in [-0.2, -0.15) is 0 Å². The molecular weight excluding hydrogens is 184 g/mol. The number of hydrogen-bond donors (Lipinski definition) is 0. The Bertz CT molecular complexity index is 241. The number of fused-ring (bicyclic) bond motifs is 1. The lowest BCUT2D eigenvalue weighted by Crippen LogP contribution is -2.55. The van der Waals surface area contributed by atoms with Gasteiger partial charge in [-0.1, -0.05) is 6.92 Å². The largest absolute Gasteiger partial charge is 0.298 e. The van der Waals surface area contributed by atoms with E-state index in [1.165, 1.54) is 45.4 Å². The molecule has 0 aromatic rings. The lowest BCUT2D eigenvalue weighted by Gasteiger charge is -2.42. The summed E-state index contributed by atoms with van der Waals surface area (Å²) in [5.74, 6) is 2.04.